The van der Waals surface area contributed by atoms with E-state index < -0.39 is 12.0 Å². The Hall–Kier alpha value is -1.46. The number of halogens is 2. The summed E-state index contributed by atoms with van der Waals surface area (Å²) in [5.74, 6) is -0.949. The van der Waals surface area contributed by atoms with Crippen molar-refractivity contribution in [2.24, 2.45) is 5.92 Å². The van der Waals surface area contributed by atoms with Crippen molar-refractivity contribution < 1.29 is 14.7 Å². The predicted octanol–water partition coefficient (Wildman–Crippen LogP) is 4.20. The zero-order chi connectivity index (χ0) is 16.3. The Labute approximate surface area is 133 Å². The number of hydrogen-bond donors (Lipinski definition) is 2. The Balaban J connectivity index is 3.08. The molecule has 0 fully saturated rings. The normalized spacial score (nSPS) is 12.1. The molecule has 21 heavy (non-hydrogen) atoms. The summed E-state index contributed by atoms with van der Waals surface area (Å²) in [6.45, 7) is 5.89. The van der Waals surface area contributed by atoms with Crippen molar-refractivity contribution in [3.63, 3.8) is 0 Å². The standard InChI is InChI=1S/C14H18Cl2N2O3/c1-7(2)8(3)18(4)14(21)17-12-10(13(19)20)5-9(15)6-11(12)16/h5-8H,1-4H3,(H,17,21)(H,19,20). The molecule has 2 N–H and O–H groups in total. The first-order chi connectivity index (χ1) is 9.65. The van der Waals surface area contributed by atoms with Crippen LogP contribution in [0.4, 0.5) is 10.5 Å². The molecule has 1 aromatic carbocycles. The topological polar surface area (TPSA) is 69.6 Å². The molecule has 5 nitrogen and oxygen atoms in total. The fourth-order valence-electron chi connectivity index (χ4n) is 1.70. The number of aromatic carboxylic acids is 1. The number of rotatable bonds is 4. The molecule has 7 heteroatoms. The average molecular weight is 333 g/mol. The molecular formula is C14H18Cl2N2O3. The van der Waals surface area contributed by atoms with Gasteiger partial charge in [-0.3, -0.25) is 0 Å². The largest absolute Gasteiger partial charge is 0.478 e. The molecular weight excluding hydrogens is 315 g/mol. The number of nitrogens with zero attached hydrogens (tertiary/aromatic N) is 1. The molecule has 0 aliphatic carbocycles. The highest BCUT2D eigenvalue weighted by Gasteiger charge is 2.22. The molecule has 1 aromatic rings. The van der Waals surface area contributed by atoms with E-state index in [1.165, 1.54) is 17.0 Å². The van der Waals surface area contributed by atoms with E-state index >= 15 is 0 Å². The summed E-state index contributed by atoms with van der Waals surface area (Å²) in [4.78, 5) is 24.9. The van der Waals surface area contributed by atoms with Gasteiger partial charge in [-0.2, -0.15) is 0 Å². The van der Waals surface area contributed by atoms with Gasteiger partial charge in [0, 0.05) is 18.1 Å². The van der Waals surface area contributed by atoms with E-state index in [-0.39, 0.29) is 33.3 Å². The van der Waals surface area contributed by atoms with Crippen molar-refractivity contribution in [2.75, 3.05) is 12.4 Å². The smallest absolute Gasteiger partial charge is 0.337 e. The number of carbonyl (C=O) groups is 2. The molecule has 0 saturated carbocycles. The lowest BCUT2D eigenvalue weighted by Gasteiger charge is -2.28. The number of urea groups is 1. The van der Waals surface area contributed by atoms with Crippen LogP contribution in [0.5, 0.6) is 0 Å². The van der Waals surface area contributed by atoms with Crippen LogP contribution in [0.3, 0.4) is 0 Å². The summed E-state index contributed by atoms with van der Waals surface area (Å²) >= 11 is 11.8. The van der Waals surface area contributed by atoms with Crippen molar-refractivity contribution in [2.45, 2.75) is 26.8 Å². The first kappa shape index (κ1) is 17.6. The molecule has 0 heterocycles. The number of anilines is 1. The van der Waals surface area contributed by atoms with Crippen LogP contribution < -0.4 is 5.32 Å². The van der Waals surface area contributed by atoms with E-state index in [4.69, 9.17) is 23.2 Å². The molecule has 0 aromatic heterocycles. The maximum absolute atomic E-state index is 12.2. The Morgan fingerprint density at radius 1 is 1.24 bits per heavy atom. The molecule has 1 atom stereocenters. The van der Waals surface area contributed by atoms with Gasteiger partial charge in [0.15, 0.2) is 0 Å². The minimum absolute atomic E-state index is 0.00986. The number of nitrogens with one attached hydrogen (secondary N) is 1. The van der Waals surface area contributed by atoms with E-state index in [2.05, 4.69) is 5.32 Å². The van der Waals surface area contributed by atoms with Gasteiger partial charge in [0.1, 0.15) is 0 Å². The molecule has 1 unspecified atom stereocenters. The second-order valence-electron chi connectivity index (χ2n) is 5.14. The summed E-state index contributed by atoms with van der Waals surface area (Å²) < 4.78 is 0. The second-order valence-corrected chi connectivity index (χ2v) is 5.98. The third-order valence-corrected chi connectivity index (χ3v) is 3.93. The first-order valence-electron chi connectivity index (χ1n) is 6.41. The molecule has 0 saturated heterocycles. The molecule has 0 spiro atoms. The summed E-state index contributed by atoms with van der Waals surface area (Å²) in [5, 5.41) is 12.0. The minimum Gasteiger partial charge on any atom is -0.478 e. The quantitative estimate of drug-likeness (QED) is 0.867. The SMILES string of the molecule is CC(C)C(C)N(C)C(=O)Nc1c(Cl)cc(Cl)cc1C(=O)O. The van der Waals surface area contributed by atoms with Crippen LogP contribution in [0.1, 0.15) is 31.1 Å². The zero-order valence-corrected chi connectivity index (χ0v) is 13.8. The van der Waals surface area contributed by atoms with Gasteiger partial charge in [0.2, 0.25) is 0 Å². The van der Waals surface area contributed by atoms with Gasteiger partial charge in [-0.25, -0.2) is 9.59 Å². The van der Waals surface area contributed by atoms with E-state index in [0.29, 0.717) is 0 Å². The van der Waals surface area contributed by atoms with Gasteiger partial charge in [0.25, 0.3) is 0 Å². The van der Waals surface area contributed by atoms with Crippen LogP contribution in [-0.2, 0) is 0 Å². The Bertz CT molecular complexity index is 561. The van der Waals surface area contributed by atoms with Crippen molar-refractivity contribution in [1.82, 2.24) is 4.90 Å². The van der Waals surface area contributed by atoms with Crippen molar-refractivity contribution in [1.29, 1.82) is 0 Å². The lowest BCUT2D eigenvalue weighted by Crippen LogP contribution is -2.41. The Morgan fingerprint density at radius 2 is 1.81 bits per heavy atom. The lowest BCUT2D eigenvalue weighted by atomic mass is 10.1. The fourth-order valence-corrected chi connectivity index (χ4v) is 2.24. The molecule has 0 bridgehead atoms. The van der Waals surface area contributed by atoms with Crippen LogP contribution >= 0.6 is 23.2 Å². The molecule has 0 radical (unpaired) electrons. The third-order valence-electron chi connectivity index (χ3n) is 3.41. The Kier molecular flexibility index (Phi) is 5.87. The number of carbonyl (C=O) groups excluding carboxylic acids is 1. The average Bonchev–Trinajstić information content (AvgIpc) is 2.39. The molecule has 0 aliphatic heterocycles. The van der Waals surface area contributed by atoms with Crippen LogP contribution in [-0.4, -0.2) is 35.1 Å². The van der Waals surface area contributed by atoms with Crippen LogP contribution in [0.25, 0.3) is 0 Å². The maximum Gasteiger partial charge on any atom is 0.337 e. The lowest BCUT2D eigenvalue weighted by molar-refractivity contribution is 0.0698. The van der Waals surface area contributed by atoms with Gasteiger partial charge in [-0.1, -0.05) is 37.0 Å². The van der Waals surface area contributed by atoms with Gasteiger partial charge >= 0.3 is 12.0 Å². The van der Waals surface area contributed by atoms with Gasteiger partial charge in [-0.05, 0) is 25.0 Å². The van der Waals surface area contributed by atoms with E-state index in [1.54, 1.807) is 7.05 Å². The van der Waals surface area contributed by atoms with Crippen molar-refractivity contribution >= 4 is 40.9 Å². The monoisotopic (exact) mass is 332 g/mol. The number of amides is 2. The van der Waals surface area contributed by atoms with Crippen LogP contribution in [0.15, 0.2) is 12.1 Å². The van der Waals surface area contributed by atoms with Gasteiger partial charge in [0.05, 0.1) is 16.3 Å². The molecule has 1 rings (SSSR count). The summed E-state index contributed by atoms with van der Waals surface area (Å²) in [5.41, 5.74) is -0.104. The summed E-state index contributed by atoms with van der Waals surface area (Å²) in [6.07, 6.45) is 0. The highest BCUT2D eigenvalue weighted by Crippen LogP contribution is 2.30. The first-order valence-corrected chi connectivity index (χ1v) is 7.16. The highest BCUT2D eigenvalue weighted by atomic mass is 35.5. The van der Waals surface area contributed by atoms with Crippen molar-refractivity contribution in [3.05, 3.63) is 27.7 Å². The molecule has 2 amide bonds. The van der Waals surface area contributed by atoms with E-state index in [9.17, 15) is 14.7 Å². The summed E-state index contributed by atoms with van der Waals surface area (Å²) in [7, 11) is 1.64. The molecule has 116 valence electrons. The van der Waals surface area contributed by atoms with Crippen LogP contribution in [0.2, 0.25) is 10.0 Å². The van der Waals surface area contributed by atoms with Gasteiger partial charge in [-0.15, -0.1) is 0 Å². The summed E-state index contributed by atoms with van der Waals surface area (Å²) in [6, 6.07) is 2.20. The number of hydrogen-bond acceptors (Lipinski definition) is 2. The highest BCUT2D eigenvalue weighted by molar-refractivity contribution is 6.37. The van der Waals surface area contributed by atoms with Crippen molar-refractivity contribution in [3.8, 4) is 0 Å². The number of carboxylic acid groups (broad SMARTS) is 1. The van der Waals surface area contributed by atoms with Crippen LogP contribution in [0, 0.1) is 5.92 Å². The predicted molar refractivity (Wildman–Crippen MR) is 84.5 cm³/mol. The Morgan fingerprint density at radius 3 is 2.29 bits per heavy atom. The van der Waals surface area contributed by atoms with Gasteiger partial charge < -0.3 is 15.3 Å². The fraction of sp³-hybridized carbons (Fsp3) is 0.429. The number of carboxylic acids is 1. The minimum atomic E-state index is -1.21. The molecule has 0 aliphatic rings. The zero-order valence-electron chi connectivity index (χ0n) is 12.3. The maximum atomic E-state index is 12.2. The van der Waals surface area contributed by atoms with E-state index in [0.717, 1.165) is 0 Å². The third kappa shape index (κ3) is 4.25. The second kappa shape index (κ2) is 7.00. The number of benzene rings is 1. The van der Waals surface area contributed by atoms with E-state index in [1.807, 2.05) is 20.8 Å².